The summed E-state index contributed by atoms with van der Waals surface area (Å²) in [6.07, 6.45) is 5.45. The SMILES string of the molecule is COc1ccc([C@H]2C3=C(CC(C)(C)CC3=O)Nc3ccccc3N2C(=O)NC2CCCC2)cc1. The number of ketones is 1. The molecule has 2 amide bonds. The zero-order valence-electron chi connectivity index (χ0n) is 20.2. The number of carbonyl (C=O) groups is 2. The number of anilines is 2. The third kappa shape index (κ3) is 4.17. The maximum atomic E-state index is 13.9. The summed E-state index contributed by atoms with van der Waals surface area (Å²) in [4.78, 5) is 29.4. The van der Waals surface area contributed by atoms with Crippen LogP contribution in [0.2, 0.25) is 0 Å². The molecule has 2 aromatic carbocycles. The molecule has 1 aliphatic heterocycles. The highest BCUT2D eigenvalue weighted by molar-refractivity contribution is 6.06. The first-order chi connectivity index (χ1) is 16.4. The summed E-state index contributed by atoms with van der Waals surface area (Å²) in [6.45, 7) is 4.25. The van der Waals surface area contributed by atoms with Gasteiger partial charge in [-0.2, -0.15) is 0 Å². The lowest BCUT2D eigenvalue weighted by atomic mass is 9.73. The molecule has 0 aromatic heterocycles. The van der Waals surface area contributed by atoms with Gasteiger partial charge < -0.3 is 15.4 Å². The van der Waals surface area contributed by atoms with Crippen LogP contribution in [0.5, 0.6) is 5.75 Å². The molecule has 3 aliphatic rings. The van der Waals surface area contributed by atoms with Crippen LogP contribution in [0, 0.1) is 5.41 Å². The van der Waals surface area contributed by atoms with E-state index in [1.54, 1.807) is 12.0 Å². The fraction of sp³-hybridized carbons (Fsp3) is 0.429. The zero-order chi connectivity index (χ0) is 23.9. The largest absolute Gasteiger partial charge is 0.497 e. The minimum absolute atomic E-state index is 0.0889. The first-order valence-electron chi connectivity index (χ1n) is 12.2. The lowest BCUT2D eigenvalue weighted by Gasteiger charge is -2.37. The van der Waals surface area contributed by atoms with E-state index in [1.807, 2.05) is 48.5 Å². The molecular weight excluding hydrogens is 426 g/mol. The fourth-order valence-electron chi connectivity index (χ4n) is 5.63. The van der Waals surface area contributed by atoms with Gasteiger partial charge in [0.1, 0.15) is 5.75 Å². The summed E-state index contributed by atoms with van der Waals surface area (Å²) >= 11 is 0. The number of urea groups is 1. The predicted octanol–water partition coefficient (Wildman–Crippen LogP) is 5.96. The summed E-state index contributed by atoms with van der Waals surface area (Å²) in [5, 5.41) is 6.83. The third-order valence-corrected chi connectivity index (χ3v) is 7.23. The molecule has 0 spiro atoms. The van der Waals surface area contributed by atoms with Crippen LogP contribution >= 0.6 is 0 Å². The summed E-state index contributed by atoms with van der Waals surface area (Å²) in [6, 6.07) is 15.0. The number of Topliss-reactive ketones (excluding diaryl/α,β-unsaturated/α-hetero) is 1. The Hall–Kier alpha value is -3.28. The lowest BCUT2D eigenvalue weighted by molar-refractivity contribution is -0.118. The normalized spacial score (nSPS) is 21.9. The molecule has 2 aliphatic carbocycles. The molecule has 2 N–H and O–H groups in total. The van der Waals surface area contributed by atoms with Gasteiger partial charge in [0.2, 0.25) is 0 Å². The van der Waals surface area contributed by atoms with Crippen molar-refractivity contribution in [1.82, 2.24) is 5.32 Å². The lowest BCUT2D eigenvalue weighted by Crippen LogP contribution is -2.47. The first-order valence-corrected chi connectivity index (χ1v) is 12.2. The van der Waals surface area contributed by atoms with Gasteiger partial charge in [-0.15, -0.1) is 0 Å². The van der Waals surface area contributed by atoms with Gasteiger partial charge in [-0.25, -0.2) is 4.79 Å². The number of fused-ring (bicyclic) bond motifs is 1. The Morgan fingerprint density at radius 1 is 1.06 bits per heavy atom. The van der Waals surface area contributed by atoms with Gasteiger partial charge in [0, 0.05) is 23.7 Å². The van der Waals surface area contributed by atoms with Crippen molar-refractivity contribution in [2.24, 2.45) is 5.41 Å². The van der Waals surface area contributed by atoms with E-state index in [9.17, 15) is 9.59 Å². The number of nitrogens with one attached hydrogen (secondary N) is 2. The van der Waals surface area contributed by atoms with E-state index in [0.29, 0.717) is 12.0 Å². The number of para-hydroxylation sites is 2. The number of methoxy groups -OCH3 is 1. The van der Waals surface area contributed by atoms with Crippen molar-refractivity contribution in [3.8, 4) is 5.75 Å². The second kappa shape index (κ2) is 8.82. The quantitative estimate of drug-likeness (QED) is 0.594. The molecule has 0 saturated heterocycles. The van der Waals surface area contributed by atoms with Crippen molar-refractivity contribution in [2.75, 3.05) is 17.3 Å². The van der Waals surface area contributed by atoms with Crippen LogP contribution in [-0.2, 0) is 4.79 Å². The first kappa shape index (κ1) is 22.5. The number of benzene rings is 2. The van der Waals surface area contributed by atoms with Gasteiger partial charge in [0.15, 0.2) is 5.78 Å². The highest BCUT2D eigenvalue weighted by atomic mass is 16.5. The molecule has 178 valence electrons. The average Bonchev–Trinajstić information content (AvgIpc) is 3.26. The van der Waals surface area contributed by atoms with Crippen molar-refractivity contribution in [3.05, 3.63) is 65.4 Å². The number of ether oxygens (including phenoxy) is 1. The van der Waals surface area contributed by atoms with Crippen molar-refractivity contribution < 1.29 is 14.3 Å². The second-order valence-electron chi connectivity index (χ2n) is 10.5. The maximum absolute atomic E-state index is 13.9. The van der Waals surface area contributed by atoms with Crippen molar-refractivity contribution in [2.45, 2.75) is 64.5 Å². The molecule has 2 aromatic rings. The number of carbonyl (C=O) groups excluding carboxylic acids is 2. The van der Waals surface area contributed by atoms with Crippen LogP contribution in [-0.4, -0.2) is 25.0 Å². The van der Waals surface area contributed by atoms with E-state index in [1.165, 1.54) is 0 Å². The summed E-state index contributed by atoms with van der Waals surface area (Å²) in [5.74, 6) is 0.828. The van der Waals surface area contributed by atoms with Crippen molar-refractivity contribution in [3.63, 3.8) is 0 Å². The van der Waals surface area contributed by atoms with Crippen LogP contribution in [0.25, 0.3) is 0 Å². The molecule has 0 unspecified atom stereocenters. The monoisotopic (exact) mass is 459 g/mol. The minimum Gasteiger partial charge on any atom is -0.497 e. The van der Waals surface area contributed by atoms with Gasteiger partial charge in [-0.3, -0.25) is 9.69 Å². The Kier molecular flexibility index (Phi) is 5.84. The smallest absolute Gasteiger partial charge is 0.323 e. The Labute approximate surface area is 201 Å². The zero-order valence-corrected chi connectivity index (χ0v) is 20.2. The van der Waals surface area contributed by atoms with Crippen molar-refractivity contribution >= 4 is 23.2 Å². The molecule has 1 heterocycles. The number of hydrogen-bond donors (Lipinski definition) is 2. The van der Waals surface area contributed by atoms with Crippen LogP contribution in [0.1, 0.15) is 64.0 Å². The van der Waals surface area contributed by atoms with Gasteiger partial charge in [0.25, 0.3) is 0 Å². The fourth-order valence-corrected chi connectivity index (χ4v) is 5.63. The van der Waals surface area contributed by atoms with Gasteiger partial charge >= 0.3 is 6.03 Å². The summed E-state index contributed by atoms with van der Waals surface area (Å²) in [7, 11) is 1.63. The standard InChI is InChI=1S/C28H33N3O3/c1-28(2)16-22-25(24(32)17-28)26(18-12-14-20(34-3)15-13-18)31(23-11-7-6-10-21(23)30-22)27(33)29-19-8-4-5-9-19/h6-7,10-15,19,26,30H,4-5,8-9,16-17H2,1-3H3,(H,29,33)/t26-/m0/s1. The van der Waals surface area contributed by atoms with Gasteiger partial charge in [-0.1, -0.05) is 51.0 Å². The Bertz CT molecular complexity index is 1130. The average molecular weight is 460 g/mol. The Balaban J connectivity index is 1.69. The molecule has 6 nitrogen and oxygen atoms in total. The van der Waals surface area contributed by atoms with Crippen molar-refractivity contribution in [1.29, 1.82) is 0 Å². The number of hydrogen-bond acceptors (Lipinski definition) is 4. The number of amides is 2. The molecule has 5 rings (SSSR count). The van der Waals surface area contributed by atoms with Crippen LogP contribution in [0.3, 0.4) is 0 Å². The predicted molar refractivity (Wildman–Crippen MR) is 134 cm³/mol. The van der Waals surface area contributed by atoms with E-state index < -0.39 is 6.04 Å². The molecular formula is C28H33N3O3. The third-order valence-electron chi connectivity index (χ3n) is 7.23. The van der Waals surface area contributed by atoms with Crippen LogP contribution < -0.4 is 20.3 Å². The molecule has 1 atom stereocenters. The van der Waals surface area contributed by atoms with E-state index >= 15 is 0 Å². The maximum Gasteiger partial charge on any atom is 0.323 e. The minimum atomic E-state index is -0.526. The number of rotatable bonds is 3. The van der Waals surface area contributed by atoms with Gasteiger partial charge in [-0.05, 0) is 54.5 Å². The summed E-state index contributed by atoms with van der Waals surface area (Å²) < 4.78 is 5.37. The molecule has 1 saturated carbocycles. The van der Waals surface area contributed by atoms with E-state index in [-0.39, 0.29) is 23.3 Å². The topological polar surface area (TPSA) is 70.7 Å². The van der Waals surface area contributed by atoms with E-state index in [2.05, 4.69) is 24.5 Å². The Morgan fingerprint density at radius 2 is 1.76 bits per heavy atom. The number of allylic oxidation sites excluding steroid dienone is 1. The van der Waals surface area contributed by atoms with Gasteiger partial charge in [0.05, 0.1) is 24.5 Å². The second-order valence-corrected chi connectivity index (χ2v) is 10.5. The Morgan fingerprint density at radius 3 is 2.47 bits per heavy atom. The highest BCUT2D eigenvalue weighted by Gasteiger charge is 2.43. The van der Waals surface area contributed by atoms with Crippen LogP contribution in [0.4, 0.5) is 16.2 Å². The highest BCUT2D eigenvalue weighted by Crippen LogP contribution is 2.48. The molecule has 34 heavy (non-hydrogen) atoms. The summed E-state index contributed by atoms with van der Waals surface area (Å²) in [5.41, 5.74) is 3.95. The molecule has 1 fully saturated rings. The molecule has 0 bridgehead atoms. The van der Waals surface area contributed by atoms with Crippen LogP contribution in [0.15, 0.2) is 59.8 Å². The number of nitrogens with zero attached hydrogens (tertiary/aromatic N) is 1. The van der Waals surface area contributed by atoms with E-state index in [4.69, 9.17) is 4.74 Å². The molecule has 0 radical (unpaired) electrons. The molecule has 6 heteroatoms. The van der Waals surface area contributed by atoms with E-state index in [0.717, 1.165) is 60.5 Å².